The number of hydrogen-bond donors (Lipinski definition) is 1. The first-order valence-corrected chi connectivity index (χ1v) is 6.22. The number of benzene rings is 2. The molecule has 0 spiro atoms. The topological polar surface area (TPSA) is 37.3 Å². The minimum absolute atomic E-state index is 0.291. The molecule has 1 N–H and O–H groups in total. The lowest BCUT2D eigenvalue weighted by Crippen LogP contribution is -1.81. The molecule has 0 aliphatic rings. The van der Waals surface area contributed by atoms with Crippen LogP contribution in [0.4, 0.5) is 0 Å². The van der Waals surface area contributed by atoms with Gasteiger partial charge in [0.15, 0.2) is 0 Å². The molecular weight excluding hydrogens is 232 g/mol. The molecule has 0 unspecified atom stereocenters. The largest absolute Gasteiger partial charge is 0.508 e. The van der Waals surface area contributed by atoms with Crippen molar-refractivity contribution in [3.8, 4) is 5.75 Å². The van der Waals surface area contributed by atoms with E-state index in [0.29, 0.717) is 11.3 Å². The fourth-order valence-electron chi connectivity index (χ4n) is 1.46. The highest BCUT2D eigenvalue weighted by molar-refractivity contribution is 7.98. The van der Waals surface area contributed by atoms with Crippen LogP contribution in [0.25, 0.3) is 0 Å². The summed E-state index contributed by atoms with van der Waals surface area (Å²) in [5.74, 6) is 1.09. The minimum atomic E-state index is 0.291. The summed E-state index contributed by atoms with van der Waals surface area (Å²) < 4.78 is 0. The van der Waals surface area contributed by atoms with Gasteiger partial charge < -0.3 is 5.11 Å². The monoisotopic (exact) mass is 244 g/mol. The maximum absolute atomic E-state index is 10.5. The van der Waals surface area contributed by atoms with Crippen molar-refractivity contribution in [2.75, 3.05) is 0 Å². The second kappa shape index (κ2) is 5.55. The van der Waals surface area contributed by atoms with Gasteiger partial charge in [-0.2, -0.15) is 0 Å². The maximum atomic E-state index is 10.5. The number of aromatic hydroxyl groups is 1. The van der Waals surface area contributed by atoms with Crippen molar-refractivity contribution in [1.29, 1.82) is 0 Å². The van der Waals surface area contributed by atoms with Crippen LogP contribution in [0.15, 0.2) is 53.4 Å². The molecule has 0 aromatic heterocycles. The van der Waals surface area contributed by atoms with Crippen molar-refractivity contribution in [3.05, 3.63) is 59.7 Å². The summed E-state index contributed by atoms with van der Waals surface area (Å²) >= 11 is 1.67. The molecular formula is C14H12O2S. The number of carbonyl (C=O) groups is 1. The Morgan fingerprint density at radius 1 is 1.12 bits per heavy atom. The quantitative estimate of drug-likeness (QED) is 0.660. The van der Waals surface area contributed by atoms with Crippen molar-refractivity contribution < 1.29 is 9.90 Å². The van der Waals surface area contributed by atoms with E-state index in [0.717, 1.165) is 22.5 Å². The Kier molecular flexibility index (Phi) is 3.83. The van der Waals surface area contributed by atoms with Crippen molar-refractivity contribution in [2.24, 2.45) is 0 Å². The number of rotatable bonds is 4. The van der Waals surface area contributed by atoms with Crippen LogP contribution in [0.1, 0.15) is 15.9 Å². The molecule has 0 saturated carbocycles. The number of phenolic OH excluding ortho intramolecular Hbond substituents is 1. The molecule has 0 radical (unpaired) electrons. The Balaban J connectivity index is 1.99. The molecule has 0 bridgehead atoms. The van der Waals surface area contributed by atoms with E-state index in [1.807, 2.05) is 24.3 Å². The van der Waals surface area contributed by atoms with E-state index in [-0.39, 0.29) is 0 Å². The van der Waals surface area contributed by atoms with Gasteiger partial charge in [0, 0.05) is 16.2 Å². The lowest BCUT2D eigenvalue weighted by atomic mass is 10.2. The lowest BCUT2D eigenvalue weighted by Gasteiger charge is -2.02. The predicted molar refractivity (Wildman–Crippen MR) is 69.5 cm³/mol. The minimum Gasteiger partial charge on any atom is -0.508 e. The summed E-state index contributed by atoms with van der Waals surface area (Å²) in [5, 5.41) is 9.33. The number of hydrogen-bond acceptors (Lipinski definition) is 3. The molecule has 0 aliphatic carbocycles. The molecule has 17 heavy (non-hydrogen) atoms. The maximum Gasteiger partial charge on any atom is 0.150 e. The van der Waals surface area contributed by atoms with Gasteiger partial charge in [0.05, 0.1) is 0 Å². The van der Waals surface area contributed by atoms with Gasteiger partial charge in [-0.1, -0.05) is 24.3 Å². The molecule has 2 rings (SSSR count). The first-order valence-electron chi connectivity index (χ1n) is 5.24. The first-order chi connectivity index (χ1) is 8.28. The smallest absolute Gasteiger partial charge is 0.150 e. The van der Waals surface area contributed by atoms with Gasteiger partial charge in [0.1, 0.15) is 12.0 Å². The fraction of sp³-hybridized carbons (Fsp3) is 0.0714. The van der Waals surface area contributed by atoms with Crippen LogP contribution in [-0.4, -0.2) is 11.4 Å². The molecule has 86 valence electrons. The molecule has 2 nitrogen and oxygen atoms in total. The van der Waals surface area contributed by atoms with Gasteiger partial charge in [-0.05, 0) is 29.8 Å². The van der Waals surface area contributed by atoms with Crippen LogP contribution in [0.2, 0.25) is 0 Å². The van der Waals surface area contributed by atoms with E-state index in [2.05, 4.69) is 0 Å². The van der Waals surface area contributed by atoms with Crippen LogP contribution in [0.5, 0.6) is 5.75 Å². The summed E-state index contributed by atoms with van der Waals surface area (Å²) in [6.07, 6.45) is 0.837. The van der Waals surface area contributed by atoms with Crippen LogP contribution in [0, 0.1) is 0 Å². The SMILES string of the molecule is O=Cc1ccc(SCc2cccc(O)c2)cc1. The van der Waals surface area contributed by atoms with Crippen molar-refractivity contribution in [1.82, 2.24) is 0 Å². The molecule has 0 saturated heterocycles. The van der Waals surface area contributed by atoms with Gasteiger partial charge in [-0.15, -0.1) is 11.8 Å². The highest BCUT2D eigenvalue weighted by Crippen LogP contribution is 2.24. The number of aldehydes is 1. The number of thioether (sulfide) groups is 1. The Morgan fingerprint density at radius 2 is 1.88 bits per heavy atom. The Bertz CT molecular complexity index is 506. The standard InChI is InChI=1S/C14H12O2S/c15-9-11-4-6-14(7-5-11)17-10-12-2-1-3-13(16)8-12/h1-9,16H,10H2. The van der Waals surface area contributed by atoms with Crippen LogP contribution in [0.3, 0.4) is 0 Å². The van der Waals surface area contributed by atoms with E-state index >= 15 is 0 Å². The lowest BCUT2D eigenvalue weighted by molar-refractivity contribution is 0.112. The number of phenols is 1. The highest BCUT2D eigenvalue weighted by Gasteiger charge is 1.98. The van der Waals surface area contributed by atoms with Gasteiger partial charge in [-0.25, -0.2) is 0 Å². The third-order valence-electron chi connectivity index (χ3n) is 2.33. The summed E-state index contributed by atoms with van der Waals surface area (Å²) in [6.45, 7) is 0. The zero-order valence-electron chi connectivity index (χ0n) is 9.17. The summed E-state index contributed by atoms with van der Waals surface area (Å²) in [7, 11) is 0. The summed E-state index contributed by atoms with van der Waals surface area (Å²) in [6, 6.07) is 14.7. The van der Waals surface area contributed by atoms with Gasteiger partial charge in [0.2, 0.25) is 0 Å². The third kappa shape index (κ3) is 3.36. The predicted octanol–water partition coefficient (Wildman–Crippen LogP) is 3.50. The number of carbonyl (C=O) groups excluding carboxylic acids is 1. The van der Waals surface area contributed by atoms with Crippen LogP contribution >= 0.6 is 11.8 Å². The van der Waals surface area contributed by atoms with Crippen LogP contribution in [-0.2, 0) is 5.75 Å². The Hall–Kier alpha value is -1.74. The average Bonchev–Trinajstić information content (AvgIpc) is 2.37. The van der Waals surface area contributed by atoms with Crippen molar-refractivity contribution in [2.45, 2.75) is 10.6 Å². The second-order valence-corrected chi connectivity index (χ2v) is 4.69. The fourth-order valence-corrected chi connectivity index (χ4v) is 2.30. The molecule has 0 amide bonds. The molecule has 2 aromatic rings. The Morgan fingerprint density at radius 3 is 2.53 bits per heavy atom. The average molecular weight is 244 g/mol. The molecule has 2 aromatic carbocycles. The van der Waals surface area contributed by atoms with E-state index in [4.69, 9.17) is 0 Å². The van der Waals surface area contributed by atoms with E-state index in [1.54, 1.807) is 36.0 Å². The highest BCUT2D eigenvalue weighted by atomic mass is 32.2. The first kappa shape index (κ1) is 11.7. The van der Waals surface area contributed by atoms with E-state index in [9.17, 15) is 9.90 Å². The summed E-state index contributed by atoms with van der Waals surface area (Å²) in [5.41, 5.74) is 1.76. The molecule has 0 heterocycles. The molecule has 0 fully saturated rings. The van der Waals surface area contributed by atoms with Gasteiger partial charge in [0.25, 0.3) is 0 Å². The second-order valence-electron chi connectivity index (χ2n) is 3.65. The molecule has 3 heteroatoms. The van der Waals surface area contributed by atoms with E-state index < -0.39 is 0 Å². The van der Waals surface area contributed by atoms with E-state index in [1.165, 1.54) is 0 Å². The van der Waals surface area contributed by atoms with Crippen molar-refractivity contribution in [3.63, 3.8) is 0 Å². The van der Waals surface area contributed by atoms with Crippen molar-refractivity contribution >= 4 is 18.0 Å². The van der Waals surface area contributed by atoms with Crippen LogP contribution < -0.4 is 0 Å². The zero-order chi connectivity index (χ0) is 12.1. The normalized spacial score (nSPS) is 10.1. The third-order valence-corrected chi connectivity index (χ3v) is 3.42. The molecule has 0 aliphatic heterocycles. The summed E-state index contributed by atoms with van der Waals surface area (Å²) in [4.78, 5) is 11.6. The van der Waals surface area contributed by atoms with Gasteiger partial charge in [-0.3, -0.25) is 4.79 Å². The van der Waals surface area contributed by atoms with Gasteiger partial charge >= 0.3 is 0 Å². The molecule has 0 atom stereocenters. The Labute approximate surface area is 104 Å². The zero-order valence-corrected chi connectivity index (χ0v) is 9.98.